The number of nitrogens with one attached hydrogen (secondary N) is 1. The number of thiophene rings is 1. The number of carbonyl (C=O) groups excluding carboxylic acids is 1. The van der Waals surface area contributed by atoms with E-state index in [0.717, 1.165) is 17.5 Å². The molecule has 0 aliphatic carbocycles. The third-order valence-corrected chi connectivity index (χ3v) is 3.79. The summed E-state index contributed by atoms with van der Waals surface area (Å²) in [6.07, 6.45) is 3.70. The van der Waals surface area contributed by atoms with Crippen molar-refractivity contribution in [1.82, 2.24) is 15.2 Å². The van der Waals surface area contributed by atoms with E-state index in [1.165, 1.54) is 35.3 Å². The lowest BCUT2D eigenvalue weighted by atomic mass is 10.4. The second kappa shape index (κ2) is 7.05. The van der Waals surface area contributed by atoms with Crippen molar-refractivity contribution in [3.8, 4) is 0 Å². The molecule has 0 radical (unpaired) electrons. The summed E-state index contributed by atoms with van der Waals surface area (Å²) in [7, 11) is 0. The van der Waals surface area contributed by atoms with Crippen molar-refractivity contribution in [2.24, 2.45) is 5.10 Å². The number of halogens is 1. The van der Waals surface area contributed by atoms with Gasteiger partial charge in [-0.2, -0.15) is 14.6 Å². The maximum Gasteiger partial charge on any atom is 0.307 e. The van der Waals surface area contributed by atoms with E-state index in [0.29, 0.717) is 10.6 Å². The van der Waals surface area contributed by atoms with Gasteiger partial charge in [0, 0.05) is 0 Å². The van der Waals surface area contributed by atoms with Gasteiger partial charge in [-0.3, -0.25) is 19.6 Å². The van der Waals surface area contributed by atoms with Gasteiger partial charge in [-0.05, 0) is 24.3 Å². The summed E-state index contributed by atoms with van der Waals surface area (Å²) in [6, 6.07) is 5.83. The Morgan fingerprint density at radius 3 is 3.00 bits per heavy atom. The van der Waals surface area contributed by atoms with Crippen LogP contribution in [0.1, 0.15) is 21.2 Å². The van der Waals surface area contributed by atoms with Gasteiger partial charge in [0.1, 0.15) is 18.2 Å². The highest BCUT2D eigenvalue weighted by atomic mass is 32.1. The zero-order valence-corrected chi connectivity index (χ0v) is 13.3. The number of hydrogen-bond donors (Lipinski definition) is 1. The Labute approximate surface area is 143 Å². The summed E-state index contributed by atoms with van der Waals surface area (Å²) in [6.45, 7) is 0.138. The summed E-state index contributed by atoms with van der Waals surface area (Å²) in [5.41, 5.74) is 2.13. The van der Waals surface area contributed by atoms with Crippen molar-refractivity contribution in [3.05, 3.63) is 68.3 Å². The maximum absolute atomic E-state index is 12.8. The summed E-state index contributed by atoms with van der Waals surface area (Å²) in [5, 5.41) is 17.8. The van der Waals surface area contributed by atoms with Crippen LogP contribution < -0.4 is 5.43 Å². The van der Waals surface area contributed by atoms with E-state index in [-0.39, 0.29) is 23.1 Å². The lowest BCUT2D eigenvalue weighted by molar-refractivity contribution is -0.385. The van der Waals surface area contributed by atoms with E-state index in [2.05, 4.69) is 15.6 Å². The Morgan fingerprint density at radius 2 is 2.32 bits per heavy atom. The smallest absolute Gasteiger partial charge is 0.307 e. The van der Waals surface area contributed by atoms with Gasteiger partial charge < -0.3 is 4.42 Å². The maximum atomic E-state index is 12.8. The van der Waals surface area contributed by atoms with Gasteiger partial charge in [-0.15, -0.1) is 11.3 Å². The molecule has 1 amide bonds. The van der Waals surface area contributed by atoms with Crippen LogP contribution in [0.3, 0.4) is 0 Å². The molecular weight excluding hydrogens is 353 g/mol. The highest BCUT2D eigenvalue weighted by Gasteiger charge is 2.13. The van der Waals surface area contributed by atoms with E-state index in [4.69, 9.17) is 4.42 Å². The molecule has 3 aromatic heterocycles. The molecule has 25 heavy (non-hydrogen) atoms. The van der Waals surface area contributed by atoms with Gasteiger partial charge in [-0.1, -0.05) is 0 Å². The predicted molar refractivity (Wildman–Crippen MR) is 86.0 cm³/mol. The Morgan fingerprint density at radius 1 is 1.48 bits per heavy atom. The third kappa shape index (κ3) is 4.14. The van der Waals surface area contributed by atoms with Gasteiger partial charge in [0.15, 0.2) is 10.9 Å². The number of nitrogens with zero attached hydrogens (tertiary/aromatic N) is 4. The normalized spacial score (nSPS) is 11.1. The summed E-state index contributed by atoms with van der Waals surface area (Å²) in [5.74, 6) is -0.162. The minimum Gasteiger partial charge on any atom is -0.454 e. The molecule has 0 aliphatic heterocycles. The molecule has 0 bridgehead atoms. The lowest BCUT2D eigenvalue weighted by Gasteiger charge is -1.97. The molecule has 1 N–H and O–H groups in total. The first-order valence-corrected chi connectivity index (χ1v) is 7.67. The fraction of sp³-hybridized carbons (Fsp3) is 0.0714. The number of rotatable bonds is 6. The Balaban J connectivity index is 1.59. The number of carbonyl (C=O) groups is 1. The monoisotopic (exact) mass is 363 g/mol. The van der Waals surface area contributed by atoms with Gasteiger partial charge in [0.25, 0.3) is 0 Å². The van der Waals surface area contributed by atoms with E-state index in [1.54, 1.807) is 6.07 Å². The van der Waals surface area contributed by atoms with Crippen molar-refractivity contribution in [2.75, 3.05) is 0 Å². The van der Waals surface area contributed by atoms with E-state index in [9.17, 15) is 19.3 Å². The SMILES string of the molecule is O=C(N/N=C/c1ccc(F)s1)c1ccc(Cn2cc([N+](=O)[O-])cn2)o1. The predicted octanol–water partition coefficient (Wildman–Crippen LogP) is 2.40. The quantitative estimate of drug-likeness (QED) is 0.410. The molecule has 0 saturated carbocycles. The molecule has 0 spiro atoms. The highest BCUT2D eigenvalue weighted by Crippen LogP contribution is 2.13. The second-order valence-corrected chi connectivity index (χ2v) is 5.83. The van der Waals surface area contributed by atoms with Crippen LogP contribution in [0.5, 0.6) is 0 Å². The van der Waals surface area contributed by atoms with Crippen LogP contribution in [0, 0.1) is 15.2 Å². The van der Waals surface area contributed by atoms with Crippen LogP contribution in [-0.4, -0.2) is 26.8 Å². The van der Waals surface area contributed by atoms with Crippen LogP contribution in [0.25, 0.3) is 0 Å². The van der Waals surface area contributed by atoms with Crippen molar-refractivity contribution in [3.63, 3.8) is 0 Å². The molecule has 0 saturated heterocycles. The Hall–Kier alpha value is -3.34. The topological polar surface area (TPSA) is 116 Å². The van der Waals surface area contributed by atoms with Crippen molar-refractivity contribution in [1.29, 1.82) is 0 Å². The minimum atomic E-state index is -0.578. The largest absolute Gasteiger partial charge is 0.454 e. The van der Waals surface area contributed by atoms with Crippen molar-refractivity contribution < 1.29 is 18.5 Å². The number of hydrogen-bond acceptors (Lipinski definition) is 7. The number of nitro groups is 1. The van der Waals surface area contributed by atoms with Gasteiger partial charge in [-0.25, -0.2) is 5.43 Å². The van der Waals surface area contributed by atoms with Gasteiger partial charge in [0.05, 0.1) is 22.6 Å². The molecule has 11 heteroatoms. The molecule has 3 heterocycles. The van der Waals surface area contributed by atoms with Gasteiger partial charge >= 0.3 is 11.6 Å². The van der Waals surface area contributed by atoms with Crippen LogP contribution in [0.4, 0.5) is 10.1 Å². The zero-order chi connectivity index (χ0) is 17.8. The summed E-state index contributed by atoms with van der Waals surface area (Å²) < 4.78 is 19.5. The molecule has 0 aliphatic rings. The fourth-order valence-corrected chi connectivity index (χ4v) is 2.49. The molecule has 0 unspecified atom stereocenters. The lowest BCUT2D eigenvalue weighted by Crippen LogP contribution is -2.16. The molecule has 0 atom stereocenters. The minimum absolute atomic E-state index is 0.0196. The fourth-order valence-electron chi connectivity index (χ4n) is 1.89. The first-order chi connectivity index (χ1) is 12.0. The standard InChI is InChI=1S/C14H10FN5O4S/c15-13-4-2-11(25-13)6-16-18-14(21)12-3-1-10(24-12)8-19-7-9(5-17-19)20(22)23/h1-7H,8H2,(H,18,21)/b16-6+. The molecule has 128 valence electrons. The number of furan rings is 1. The van der Waals surface area contributed by atoms with Crippen LogP contribution in [-0.2, 0) is 6.54 Å². The van der Waals surface area contributed by atoms with Crippen molar-refractivity contribution >= 4 is 29.1 Å². The van der Waals surface area contributed by atoms with Gasteiger partial charge in [0.2, 0.25) is 0 Å². The van der Waals surface area contributed by atoms with Crippen LogP contribution in [0.2, 0.25) is 0 Å². The average Bonchev–Trinajstić information content (AvgIpc) is 3.29. The van der Waals surface area contributed by atoms with E-state index < -0.39 is 10.8 Å². The Kier molecular flexibility index (Phi) is 4.66. The highest BCUT2D eigenvalue weighted by molar-refractivity contribution is 7.12. The van der Waals surface area contributed by atoms with Crippen LogP contribution >= 0.6 is 11.3 Å². The van der Waals surface area contributed by atoms with Crippen molar-refractivity contribution in [2.45, 2.75) is 6.54 Å². The first kappa shape index (κ1) is 16.5. The number of hydrazone groups is 1. The second-order valence-electron chi connectivity index (χ2n) is 4.76. The number of amides is 1. The van der Waals surface area contributed by atoms with E-state index >= 15 is 0 Å². The summed E-state index contributed by atoms with van der Waals surface area (Å²) in [4.78, 5) is 22.5. The molecule has 3 aromatic rings. The molecule has 0 fully saturated rings. The summed E-state index contributed by atoms with van der Waals surface area (Å²) >= 11 is 0.896. The molecule has 3 rings (SSSR count). The Bertz CT molecular complexity index is 945. The molecule has 9 nitrogen and oxygen atoms in total. The zero-order valence-electron chi connectivity index (χ0n) is 12.5. The van der Waals surface area contributed by atoms with E-state index in [1.807, 2.05) is 0 Å². The number of aromatic nitrogens is 2. The average molecular weight is 363 g/mol. The molecule has 0 aromatic carbocycles. The molecular formula is C14H10FN5O4S. The first-order valence-electron chi connectivity index (χ1n) is 6.85. The van der Waals surface area contributed by atoms with Crippen LogP contribution in [0.15, 0.2) is 46.2 Å². The third-order valence-electron chi connectivity index (χ3n) is 2.99.